The lowest BCUT2D eigenvalue weighted by Gasteiger charge is -2.23. The molecule has 0 bridgehead atoms. The number of carbonyl (C=O) groups is 1. The standard InChI is InChI=1S/C29H24Cl2N2O4/c1-16(2)28-22(26(33-37-28)25-23(30)4-3-5-24(25)31)15-36-20-9-6-17(7-10-20)18-8-11-21-19(14-18)12-13-32-27(21)29(34)35/h3-14,16,22,28H,15H2,1-2H3,(H,34,35). The number of aromatic carboxylic acids is 1. The Morgan fingerprint density at radius 1 is 1.03 bits per heavy atom. The van der Waals surface area contributed by atoms with Gasteiger partial charge in [0.2, 0.25) is 0 Å². The smallest absolute Gasteiger partial charge is 0.355 e. The first kappa shape index (κ1) is 25.1. The highest BCUT2D eigenvalue weighted by Gasteiger charge is 2.39. The number of rotatable bonds is 7. The Hall–Kier alpha value is -3.61. The van der Waals surface area contributed by atoms with E-state index in [1.165, 1.54) is 6.20 Å². The Labute approximate surface area is 224 Å². The molecule has 1 aliphatic heterocycles. The fourth-order valence-corrected chi connectivity index (χ4v) is 5.20. The van der Waals surface area contributed by atoms with Crippen LogP contribution >= 0.6 is 23.2 Å². The zero-order valence-corrected chi connectivity index (χ0v) is 21.7. The minimum absolute atomic E-state index is 0.0457. The highest BCUT2D eigenvalue weighted by atomic mass is 35.5. The lowest BCUT2D eigenvalue weighted by molar-refractivity contribution is 0.0178. The summed E-state index contributed by atoms with van der Waals surface area (Å²) in [5.41, 5.74) is 3.36. The van der Waals surface area contributed by atoms with Gasteiger partial charge in [0.15, 0.2) is 5.69 Å². The largest absolute Gasteiger partial charge is 0.493 e. The molecule has 37 heavy (non-hydrogen) atoms. The summed E-state index contributed by atoms with van der Waals surface area (Å²) in [4.78, 5) is 21.2. The third-order valence-corrected chi connectivity index (χ3v) is 7.11. The van der Waals surface area contributed by atoms with Crippen LogP contribution in [0.3, 0.4) is 0 Å². The first-order chi connectivity index (χ1) is 17.8. The average molecular weight is 535 g/mol. The van der Waals surface area contributed by atoms with E-state index in [0.717, 1.165) is 16.5 Å². The van der Waals surface area contributed by atoms with Crippen LogP contribution in [0.2, 0.25) is 10.0 Å². The minimum atomic E-state index is -1.04. The van der Waals surface area contributed by atoms with Gasteiger partial charge in [0.25, 0.3) is 0 Å². The second-order valence-electron chi connectivity index (χ2n) is 9.23. The van der Waals surface area contributed by atoms with Gasteiger partial charge in [-0.3, -0.25) is 0 Å². The number of hydrogen-bond donors (Lipinski definition) is 1. The molecule has 2 unspecified atom stereocenters. The van der Waals surface area contributed by atoms with E-state index in [2.05, 4.69) is 24.0 Å². The van der Waals surface area contributed by atoms with Crippen molar-refractivity contribution in [2.45, 2.75) is 20.0 Å². The van der Waals surface area contributed by atoms with E-state index in [9.17, 15) is 9.90 Å². The van der Waals surface area contributed by atoms with Gasteiger partial charge in [0.1, 0.15) is 24.2 Å². The van der Waals surface area contributed by atoms with Crippen LogP contribution in [-0.2, 0) is 4.84 Å². The maximum Gasteiger partial charge on any atom is 0.355 e. The van der Waals surface area contributed by atoms with Gasteiger partial charge < -0.3 is 14.7 Å². The van der Waals surface area contributed by atoms with Gasteiger partial charge in [0.05, 0.1) is 16.0 Å². The molecule has 0 fully saturated rings. The van der Waals surface area contributed by atoms with Crippen molar-refractivity contribution < 1.29 is 19.5 Å². The number of halogens is 2. The second kappa shape index (κ2) is 10.4. The van der Waals surface area contributed by atoms with Crippen LogP contribution in [-0.4, -0.2) is 34.5 Å². The zero-order chi connectivity index (χ0) is 26.1. The molecule has 5 rings (SSSR count). The molecule has 0 saturated carbocycles. The maximum absolute atomic E-state index is 11.5. The normalized spacial score (nSPS) is 17.1. The minimum Gasteiger partial charge on any atom is -0.493 e. The molecule has 6 nitrogen and oxygen atoms in total. The predicted molar refractivity (Wildman–Crippen MR) is 146 cm³/mol. The molecule has 0 spiro atoms. The lowest BCUT2D eigenvalue weighted by atomic mass is 9.87. The predicted octanol–water partition coefficient (Wildman–Crippen LogP) is 7.36. The van der Waals surface area contributed by atoms with Crippen molar-refractivity contribution in [3.05, 3.63) is 94.2 Å². The van der Waals surface area contributed by atoms with Gasteiger partial charge in [-0.2, -0.15) is 0 Å². The molecule has 1 aromatic heterocycles. The third kappa shape index (κ3) is 4.99. The zero-order valence-electron chi connectivity index (χ0n) is 20.2. The number of carboxylic acid groups (broad SMARTS) is 1. The van der Waals surface area contributed by atoms with E-state index in [4.69, 9.17) is 32.8 Å². The van der Waals surface area contributed by atoms with Crippen LogP contribution in [0.5, 0.6) is 5.75 Å². The Morgan fingerprint density at radius 3 is 2.41 bits per heavy atom. The number of ether oxygens (including phenoxy) is 1. The van der Waals surface area contributed by atoms with Crippen molar-refractivity contribution >= 4 is 45.7 Å². The fraction of sp³-hybridized carbons (Fsp3) is 0.207. The summed E-state index contributed by atoms with van der Waals surface area (Å²) in [6.07, 6.45) is 1.35. The first-order valence-electron chi connectivity index (χ1n) is 11.9. The van der Waals surface area contributed by atoms with Crippen molar-refractivity contribution in [3.8, 4) is 16.9 Å². The number of nitrogens with zero attached hydrogens (tertiary/aromatic N) is 2. The number of fused-ring (bicyclic) bond motifs is 1. The Morgan fingerprint density at radius 2 is 1.73 bits per heavy atom. The SMILES string of the molecule is CC(C)C1ON=C(c2c(Cl)cccc2Cl)C1COc1ccc(-c2ccc3c(C(=O)O)nccc3c2)cc1. The fourth-order valence-electron chi connectivity index (χ4n) is 4.61. The van der Waals surface area contributed by atoms with E-state index in [-0.39, 0.29) is 23.6 Å². The highest BCUT2D eigenvalue weighted by molar-refractivity contribution is 6.40. The molecule has 0 radical (unpaired) electrons. The Bertz CT molecular complexity index is 1480. The quantitative estimate of drug-likeness (QED) is 0.267. The van der Waals surface area contributed by atoms with E-state index in [1.54, 1.807) is 24.3 Å². The summed E-state index contributed by atoms with van der Waals surface area (Å²) in [5.74, 6) is -0.268. The molecule has 2 heterocycles. The first-order valence-corrected chi connectivity index (χ1v) is 12.6. The maximum atomic E-state index is 11.5. The van der Waals surface area contributed by atoms with Crippen molar-refractivity contribution in [2.24, 2.45) is 17.0 Å². The molecule has 1 N–H and O–H groups in total. The topological polar surface area (TPSA) is 81.0 Å². The number of hydrogen-bond acceptors (Lipinski definition) is 5. The monoisotopic (exact) mass is 534 g/mol. The summed E-state index contributed by atoms with van der Waals surface area (Å²) in [6, 6.07) is 20.6. The number of carboxylic acids is 1. The third-order valence-electron chi connectivity index (χ3n) is 6.48. The van der Waals surface area contributed by atoms with Gasteiger partial charge in [-0.05, 0) is 58.8 Å². The van der Waals surface area contributed by atoms with Gasteiger partial charge in [-0.25, -0.2) is 9.78 Å². The molecule has 8 heteroatoms. The highest BCUT2D eigenvalue weighted by Crippen LogP contribution is 2.35. The molecular weight excluding hydrogens is 511 g/mol. The van der Waals surface area contributed by atoms with Gasteiger partial charge in [0, 0.05) is 17.1 Å². The van der Waals surface area contributed by atoms with E-state index in [0.29, 0.717) is 39.1 Å². The number of aromatic nitrogens is 1. The molecule has 4 aromatic rings. The van der Waals surface area contributed by atoms with Crippen LogP contribution in [0.1, 0.15) is 29.9 Å². The van der Waals surface area contributed by atoms with Crippen molar-refractivity contribution in [3.63, 3.8) is 0 Å². The second-order valence-corrected chi connectivity index (χ2v) is 10.0. The van der Waals surface area contributed by atoms with Crippen molar-refractivity contribution in [1.82, 2.24) is 4.98 Å². The lowest BCUT2D eigenvalue weighted by Crippen LogP contribution is -2.33. The molecule has 188 valence electrons. The number of pyridine rings is 1. The summed E-state index contributed by atoms with van der Waals surface area (Å²) in [6.45, 7) is 4.51. The summed E-state index contributed by atoms with van der Waals surface area (Å²) < 4.78 is 6.18. The molecular formula is C29H24Cl2N2O4. The van der Waals surface area contributed by atoms with E-state index in [1.807, 2.05) is 42.5 Å². The summed E-state index contributed by atoms with van der Waals surface area (Å²) in [7, 11) is 0. The Balaban J connectivity index is 1.35. The van der Waals surface area contributed by atoms with Crippen LogP contribution in [0.25, 0.3) is 21.9 Å². The van der Waals surface area contributed by atoms with Crippen LogP contribution in [0.4, 0.5) is 0 Å². The molecule has 0 amide bonds. The van der Waals surface area contributed by atoms with Crippen LogP contribution < -0.4 is 4.74 Å². The molecule has 2 atom stereocenters. The van der Waals surface area contributed by atoms with Crippen LogP contribution in [0, 0.1) is 11.8 Å². The van der Waals surface area contributed by atoms with E-state index >= 15 is 0 Å². The van der Waals surface area contributed by atoms with Gasteiger partial charge >= 0.3 is 5.97 Å². The van der Waals surface area contributed by atoms with Crippen LogP contribution in [0.15, 0.2) is 78.1 Å². The van der Waals surface area contributed by atoms with Gasteiger partial charge in [-0.15, -0.1) is 0 Å². The molecule has 0 saturated heterocycles. The summed E-state index contributed by atoms with van der Waals surface area (Å²) >= 11 is 12.9. The van der Waals surface area contributed by atoms with Crippen molar-refractivity contribution in [1.29, 1.82) is 0 Å². The molecule has 0 aliphatic carbocycles. The number of oxime groups is 1. The molecule has 3 aromatic carbocycles. The Kier molecular flexibility index (Phi) is 7.04. The summed E-state index contributed by atoms with van der Waals surface area (Å²) in [5, 5.41) is 16.2. The molecule has 1 aliphatic rings. The number of benzene rings is 3. The van der Waals surface area contributed by atoms with Crippen molar-refractivity contribution in [2.75, 3.05) is 6.61 Å². The average Bonchev–Trinajstić information content (AvgIpc) is 3.30. The van der Waals surface area contributed by atoms with E-state index < -0.39 is 5.97 Å². The van der Waals surface area contributed by atoms with Gasteiger partial charge in [-0.1, -0.05) is 72.5 Å².